The van der Waals surface area contributed by atoms with E-state index < -0.39 is 21.9 Å². The van der Waals surface area contributed by atoms with Gasteiger partial charge in [-0.2, -0.15) is 9.57 Å². The molecule has 0 aliphatic carbocycles. The summed E-state index contributed by atoms with van der Waals surface area (Å²) < 4.78 is 43.9. The van der Waals surface area contributed by atoms with Gasteiger partial charge in [0.05, 0.1) is 27.5 Å². The van der Waals surface area contributed by atoms with E-state index in [9.17, 15) is 12.8 Å². The topological polar surface area (TPSA) is 79.0 Å². The Morgan fingerprint density at radius 3 is 2.72 bits per heavy atom. The number of para-hydroxylation sites is 2. The minimum absolute atomic E-state index is 0.0745. The van der Waals surface area contributed by atoms with Crippen LogP contribution >= 0.6 is 0 Å². The number of nitrogens with zero attached hydrogens (tertiary/aromatic N) is 4. The van der Waals surface area contributed by atoms with Gasteiger partial charge in [0.1, 0.15) is 17.7 Å². The van der Waals surface area contributed by atoms with Crippen LogP contribution in [0.4, 0.5) is 4.39 Å². The molecule has 1 saturated heterocycles. The van der Waals surface area contributed by atoms with E-state index in [1.807, 2.05) is 38.1 Å². The van der Waals surface area contributed by atoms with Crippen LogP contribution in [0.25, 0.3) is 11.0 Å². The largest absolute Gasteiger partial charge is 0.324 e. The monoisotopic (exact) mass is 412 g/mol. The average Bonchev–Trinajstić information content (AvgIpc) is 3.32. The van der Waals surface area contributed by atoms with Gasteiger partial charge >= 0.3 is 0 Å². The van der Waals surface area contributed by atoms with Gasteiger partial charge in [0.25, 0.3) is 0 Å². The Morgan fingerprint density at radius 2 is 2.00 bits per heavy atom. The molecule has 4 rings (SSSR count). The highest BCUT2D eigenvalue weighted by molar-refractivity contribution is 7.89. The standard InChI is InChI=1S/C21H21FN4O2S/c1-14(2)26-19-7-4-3-6-18(19)24-21(26)20-8-5-11-25(20)29(27,28)16-9-10-17(22)15(12-16)13-23/h3-4,6-7,9-10,12,14,20H,5,8,11H2,1-2H3/t20-/m0/s1. The first kappa shape index (κ1) is 19.6. The van der Waals surface area contributed by atoms with Crippen LogP contribution in [-0.4, -0.2) is 28.8 Å². The highest BCUT2D eigenvalue weighted by Gasteiger charge is 2.39. The van der Waals surface area contributed by atoms with Gasteiger partial charge in [-0.25, -0.2) is 17.8 Å². The van der Waals surface area contributed by atoms with Crippen molar-refractivity contribution < 1.29 is 12.8 Å². The predicted molar refractivity (Wildman–Crippen MR) is 107 cm³/mol. The minimum Gasteiger partial charge on any atom is -0.324 e. The van der Waals surface area contributed by atoms with Crippen LogP contribution in [0, 0.1) is 17.1 Å². The molecule has 2 aromatic carbocycles. The van der Waals surface area contributed by atoms with E-state index in [4.69, 9.17) is 10.2 Å². The molecule has 29 heavy (non-hydrogen) atoms. The van der Waals surface area contributed by atoms with Gasteiger partial charge in [-0.05, 0) is 57.0 Å². The molecular weight excluding hydrogens is 391 g/mol. The molecule has 0 unspecified atom stereocenters. The fourth-order valence-electron chi connectivity index (χ4n) is 4.01. The molecule has 6 nitrogen and oxygen atoms in total. The lowest BCUT2D eigenvalue weighted by Gasteiger charge is -2.25. The number of nitriles is 1. The highest BCUT2D eigenvalue weighted by atomic mass is 32.2. The van der Waals surface area contributed by atoms with Gasteiger partial charge < -0.3 is 4.57 Å². The molecular formula is C21H21FN4O2S. The Labute approximate surface area is 169 Å². The second-order valence-electron chi connectivity index (χ2n) is 7.45. The SMILES string of the molecule is CC(C)n1c([C@@H]2CCCN2S(=O)(=O)c2ccc(F)c(C#N)c2)nc2ccccc21. The lowest BCUT2D eigenvalue weighted by Crippen LogP contribution is -2.32. The third kappa shape index (κ3) is 3.20. The average molecular weight is 412 g/mol. The zero-order valence-corrected chi connectivity index (χ0v) is 17.0. The molecule has 1 fully saturated rings. The molecule has 1 aliphatic rings. The van der Waals surface area contributed by atoms with E-state index in [0.29, 0.717) is 25.2 Å². The summed E-state index contributed by atoms with van der Waals surface area (Å²) in [5.74, 6) is -0.0177. The third-order valence-electron chi connectivity index (χ3n) is 5.31. The smallest absolute Gasteiger partial charge is 0.243 e. The molecule has 3 aromatic rings. The van der Waals surface area contributed by atoms with Crippen molar-refractivity contribution in [2.24, 2.45) is 0 Å². The van der Waals surface area contributed by atoms with Crippen LogP contribution in [0.15, 0.2) is 47.4 Å². The van der Waals surface area contributed by atoms with Crippen molar-refractivity contribution in [1.82, 2.24) is 13.9 Å². The molecule has 1 aromatic heterocycles. The molecule has 0 bridgehead atoms. The number of halogens is 1. The quantitative estimate of drug-likeness (QED) is 0.645. The first-order valence-electron chi connectivity index (χ1n) is 9.53. The molecule has 0 spiro atoms. The Bertz CT molecular complexity index is 1230. The van der Waals surface area contributed by atoms with Gasteiger partial charge in [0.15, 0.2) is 0 Å². The highest BCUT2D eigenvalue weighted by Crippen LogP contribution is 2.38. The first-order chi connectivity index (χ1) is 13.8. The maximum atomic E-state index is 13.7. The summed E-state index contributed by atoms with van der Waals surface area (Å²) in [5.41, 5.74) is 1.51. The summed E-state index contributed by atoms with van der Waals surface area (Å²) in [6.45, 7) is 4.45. The number of sulfonamides is 1. The maximum absolute atomic E-state index is 13.7. The van der Waals surface area contributed by atoms with E-state index in [2.05, 4.69) is 4.57 Å². The van der Waals surface area contributed by atoms with Crippen molar-refractivity contribution in [1.29, 1.82) is 5.26 Å². The van der Waals surface area contributed by atoms with E-state index in [0.717, 1.165) is 23.2 Å². The second-order valence-corrected chi connectivity index (χ2v) is 9.34. The number of hydrogen-bond acceptors (Lipinski definition) is 4. The third-order valence-corrected chi connectivity index (χ3v) is 7.21. The zero-order valence-electron chi connectivity index (χ0n) is 16.2. The van der Waals surface area contributed by atoms with Crippen molar-refractivity contribution in [3.63, 3.8) is 0 Å². The molecule has 150 valence electrons. The maximum Gasteiger partial charge on any atom is 0.243 e. The van der Waals surface area contributed by atoms with Crippen LogP contribution in [0.2, 0.25) is 0 Å². The van der Waals surface area contributed by atoms with E-state index >= 15 is 0 Å². The fraction of sp³-hybridized carbons (Fsp3) is 0.333. The van der Waals surface area contributed by atoms with E-state index in [-0.39, 0.29) is 16.5 Å². The summed E-state index contributed by atoms with van der Waals surface area (Å²) in [6.07, 6.45) is 1.36. The predicted octanol–water partition coefficient (Wildman–Crippen LogP) is 4.15. The molecule has 1 aliphatic heterocycles. The summed E-state index contributed by atoms with van der Waals surface area (Å²) in [7, 11) is -3.90. The molecule has 0 amide bonds. The Morgan fingerprint density at radius 1 is 1.24 bits per heavy atom. The number of aromatic nitrogens is 2. The second kappa shape index (κ2) is 7.25. The van der Waals surface area contributed by atoms with Crippen molar-refractivity contribution in [2.75, 3.05) is 6.54 Å². The van der Waals surface area contributed by atoms with Crippen LogP contribution in [0.1, 0.15) is 50.2 Å². The minimum atomic E-state index is -3.90. The summed E-state index contributed by atoms with van der Waals surface area (Å²) in [5, 5.41) is 9.07. The van der Waals surface area contributed by atoms with Crippen molar-refractivity contribution >= 4 is 21.1 Å². The molecule has 2 heterocycles. The van der Waals surface area contributed by atoms with Crippen LogP contribution in [-0.2, 0) is 10.0 Å². The normalized spacial score (nSPS) is 17.8. The molecule has 0 radical (unpaired) electrons. The number of fused-ring (bicyclic) bond motifs is 1. The van der Waals surface area contributed by atoms with Gasteiger partial charge in [-0.1, -0.05) is 12.1 Å². The Balaban J connectivity index is 1.82. The van der Waals surface area contributed by atoms with Crippen molar-refractivity contribution in [2.45, 2.75) is 43.7 Å². The summed E-state index contributed by atoms with van der Waals surface area (Å²) in [4.78, 5) is 4.69. The molecule has 0 N–H and O–H groups in total. The molecule has 8 heteroatoms. The Kier molecular flexibility index (Phi) is 4.89. The molecule has 1 atom stereocenters. The van der Waals surface area contributed by atoms with Crippen LogP contribution < -0.4 is 0 Å². The lowest BCUT2D eigenvalue weighted by atomic mass is 10.2. The van der Waals surface area contributed by atoms with Gasteiger partial charge in [-0.3, -0.25) is 0 Å². The molecule has 0 saturated carbocycles. The van der Waals surface area contributed by atoms with Crippen molar-refractivity contribution in [3.05, 3.63) is 59.7 Å². The number of imidazole rings is 1. The van der Waals surface area contributed by atoms with Crippen LogP contribution in [0.3, 0.4) is 0 Å². The Hall–Kier alpha value is -2.76. The van der Waals surface area contributed by atoms with Gasteiger partial charge in [0, 0.05) is 12.6 Å². The van der Waals surface area contributed by atoms with E-state index in [1.54, 1.807) is 6.07 Å². The zero-order chi connectivity index (χ0) is 20.8. The summed E-state index contributed by atoms with van der Waals surface area (Å²) >= 11 is 0. The van der Waals surface area contributed by atoms with Gasteiger partial charge in [0.2, 0.25) is 10.0 Å². The fourth-order valence-corrected chi connectivity index (χ4v) is 5.69. The van der Waals surface area contributed by atoms with Crippen LogP contribution in [0.5, 0.6) is 0 Å². The van der Waals surface area contributed by atoms with Crippen molar-refractivity contribution in [3.8, 4) is 6.07 Å². The number of rotatable bonds is 4. The number of benzene rings is 2. The van der Waals surface area contributed by atoms with E-state index in [1.165, 1.54) is 10.4 Å². The lowest BCUT2D eigenvalue weighted by molar-refractivity contribution is 0.368. The summed E-state index contributed by atoms with van der Waals surface area (Å²) in [6, 6.07) is 12.5. The first-order valence-corrected chi connectivity index (χ1v) is 11.0. The van der Waals surface area contributed by atoms with Gasteiger partial charge in [-0.15, -0.1) is 0 Å². The number of hydrogen-bond donors (Lipinski definition) is 0.